The largest absolute Gasteiger partial charge is 0.649 e. The number of halogens is 1. The molecule has 0 fully saturated rings. The standard InChI is InChI=1S/C10H7FN2O.Al.H/c11-7-1-2-9(13-5-7)8-3-4-12-6-10(8)14;;/h1-6,14H;;/q;+1;/p-1. The summed E-state index contributed by atoms with van der Waals surface area (Å²) >= 11 is 1.36. The van der Waals surface area contributed by atoms with Gasteiger partial charge in [0.15, 0.2) is 0 Å². The number of aromatic nitrogens is 2. The molecule has 0 unspecified atom stereocenters. The molecule has 3 nitrogen and oxygen atoms in total. The van der Waals surface area contributed by atoms with Crippen LogP contribution in [0.3, 0.4) is 0 Å². The third-order valence-corrected chi connectivity index (χ3v) is 2.25. The summed E-state index contributed by atoms with van der Waals surface area (Å²) in [5.74, 6) is 0.281. The summed E-state index contributed by atoms with van der Waals surface area (Å²) in [5, 5.41) is 0. The average Bonchev–Trinajstić information content (AvgIpc) is 2.30. The van der Waals surface area contributed by atoms with E-state index < -0.39 is 0 Å². The van der Waals surface area contributed by atoms with Gasteiger partial charge >= 0.3 is 16.6 Å². The molecule has 0 saturated carbocycles. The van der Waals surface area contributed by atoms with Crippen molar-refractivity contribution in [1.82, 2.24) is 9.97 Å². The molecule has 1 radical (unpaired) electrons. The molecular formula is C10H7AlFN2O. The van der Waals surface area contributed by atoms with Crippen molar-refractivity contribution >= 4 is 16.6 Å². The lowest BCUT2D eigenvalue weighted by atomic mass is 10.1. The van der Waals surface area contributed by atoms with E-state index in [4.69, 9.17) is 3.79 Å². The van der Waals surface area contributed by atoms with Crippen LogP contribution in [0.1, 0.15) is 0 Å². The van der Waals surface area contributed by atoms with E-state index in [0.717, 1.165) is 5.56 Å². The summed E-state index contributed by atoms with van der Waals surface area (Å²) in [4.78, 5) is 7.91. The van der Waals surface area contributed by atoms with E-state index >= 15 is 0 Å². The van der Waals surface area contributed by atoms with Gasteiger partial charge in [-0.2, -0.15) is 0 Å². The third kappa shape index (κ3) is 2.14. The highest BCUT2D eigenvalue weighted by Crippen LogP contribution is 2.26. The van der Waals surface area contributed by atoms with Crippen LogP contribution in [0.15, 0.2) is 36.8 Å². The smallest absolute Gasteiger partial charge is 0.494 e. The van der Waals surface area contributed by atoms with Crippen LogP contribution in [0.4, 0.5) is 4.39 Å². The maximum Gasteiger partial charge on any atom is 0.494 e. The number of nitrogens with zero attached hydrogens (tertiary/aromatic N) is 2. The Balaban J connectivity index is 2.49. The van der Waals surface area contributed by atoms with Crippen molar-refractivity contribution < 1.29 is 8.18 Å². The summed E-state index contributed by atoms with van der Waals surface area (Å²) in [6, 6.07) is 4.75. The second kappa shape index (κ2) is 4.39. The molecular weight excluding hydrogens is 210 g/mol. The average molecular weight is 217 g/mol. The monoisotopic (exact) mass is 217 g/mol. The van der Waals surface area contributed by atoms with Crippen LogP contribution in [0, 0.1) is 5.82 Å². The molecule has 0 aliphatic carbocycles. The molecule has 0 N–H and O–H groups in total. The second-order valence-electron chi connectivity index (χ2n) is 2.88. The van der Waals surface area contributed by atoms with Gasteiger partial charge in [-0.1, -0.05) is 0 Å². The molecule has 0 spiro atoms. The second-order valence-corrected chi connectivity index (χ2v) is 3.17. The quantitative estimate of drug-likeness (QED) is 0.714. The number of rotatable bonds is 2. The Labute approximate surface area is 94.7 Å². The molecule has 0 atom stereocenters. The molecule has 0 aliphatic rings. The Morgan fingerprint density at radius 1 is 1.20 bits per heavy atom. The molecule has 0 amide bonds. The number of hydrogen-bond acceptors (Lipinski definition) is 3. The fraction of sp³-hybridized carbons (Fsp3) is 0. The lowest BCUT2D eigenvalue weighted by Gasteiger charge is -2.08. The minimum atomic E-state index is -0.353. The normalized spacial score (nSPS) is 9.93. The highest BCUT2D eigenvalue weighted by Gasteiger charge is 2.05. The summed E-state index contributed by atoms with van der Waals surface area (Å²) in [6.07, 6.45) is 4.43. The van der Waals surface area contributed by atoms with Crippen LogP contribution in [0.5, 0.6) is 5.75 Å². The van der Waals surface area contributed by atoms with Crippen molar-refractivity contribution in [2.45, 2.75) is 0 Å². The molecule has 5 heteroatoms. The fourth-order valence-electron chi connectivity index (χ4n) is 1.24. The van der Waals surface area contributed by atoms with Gasteiger partial charge < -0.3 is 3.79 Å². The van der Waals surface area contributed by atoms with Gasteiger partial charge in [0.1, 0.15) is 11.6 Å². The Hall–Kier alpha value is -1.44. The molecule has 73 valence electrons. The van der Waals surface area contributed by atoms with Gasteiger partial charge in [0.05, 0.1) is 18.1 Å². The molecule has 0 saturated heterocycles. The van der Waals surface area contributed by atoms with Gasteiger partial charge in [0.25, 0.3) is 0 Å². The van der Waals surface area contributed by atoms with Crippen LogP contribution >= 0.6 is 0 Å². The van der Waals surface area contributed by atoms with Gasteiger partial charge in [-0.3, -0.25) is 9.97 Å². The molecule has 2 aromatic heterocycles. The van der Waals surface area contributed by atoms with Crippen molar-refractivity contribution in [3.8, 4) is 17.0 Å². The molecule has 15 heavy (non-hydrogen) atoms. The Kier molecular flexibility index (Phi) is 2.95. The highest BCUT2D eigenvalue weighted by molar-refractivity contribution is 6.00. The van der Waals surface area contributed by atoms with Crippen molar-refractivity contribution in [1.29, 1.82) is 0 Å². The zero-order chi connectivity index (χ0) is 10.7. The topological polar surface area (TPSA) is 35.0 Å². The van der Waals surface area contributed by atoms with Crippen molar-refractivity contribution in [2.24, 2.45) is 0 Å². The molecule has 2 aromatic rings. The van der Waals surface area contributed by atoms with E-state index in [1.807, 2.05) is 0 Å². The van der Waals surface area contributed by atoms with Gasteiger partial charge in [-0.15, -0.1) is 0 Å². The summed E-state index contributed by atoms with van der Waals surface area (Å²) in [6.45, 7) is 0. The van der Waals surface area contributed by atoms with Gasteiger partial charge in [-0.25, -0.2) is 4.39 Å². The Morgan fingerprint density at radius 2 is 2.07 bits per heavy atom. The van der Waals surface area contributed by atoms with Crippen molar-refractivity contribution in [3.63, 3.8) is 0 Å². The van der Waals surface area contributed by atoms with Crippen LogP contribution < -0.4 is 3.79 Å². The lowest BCUT2D eigenvalue weighted by molar-refractivity contribution is 0.612. The van der Waals surface area contributed by atoms with Crippen LogP contribution in [-0.4, -0.2) is 26.6 Å². The minimum absolute atomic E-state index is 0.353. The highest BCUT2D eigenvalue weighted by atomic mass is 27.1. The van der Waals surface area contributed by atoms with Gasteiger partial charge in [-0.05, 0) is 18.2 Å². The first kappa shape index (κ1) is 10.1. The van der Waals surface area contributed by atoms with Gasteiger partial charge in [0, 0.05) is 11.8 Å². The first-order valence-electron chi connectivity index (χ1n) is 4.29. The van der Waals surface area contributed by atoms with E-state index in [2.05, 4.69) is 9.97 Å². The number of hydrogen-bond donors (Lipinski definition) is 0. The van der Waals surface area contributed by atoms with E-state index in [0.29, 0.717) is 11.4 Å². The van der Waals surface area contributed by atoms with E-state index in [-0.39, 0.29) is 5.82 Å². The first-order chi connectivity index (χ1) is 7.31. The molecule has 2 rings (SSSR count). The van der Waals surface area contributed by atoms with Crippen LogP contribution in [0.25, 0.3) is 11.3 Å². The zero-order valence-electron chi connectivity index (χ0n) is 7.85. The van der Waals surface area contributed by atoms with E-state index in [1.165, 1.54) is 28.9 Å². The minimum Gasteiger partial charge on any atom is -0.649 e. The fourth-order valence-corrected chi connectivity index (χ4v) is 1.47. The maximum atomic E-state index is 12.7. The molecule has 0 aliphatic heterocycles. The Bertz CT molecular complexity index is 461. The predicted octanol–water partition coefficient (Wildman–Crippen LogP) is 1.48. The first-order valence-corrected chi connectivity index (χ1v) is 4.87. The lowest BCUT2D eigenvalue weighted by Crippen LogP contribution is -1.92. The van der Waals surface area contributed by atoms with Gasteiger partial charge in [0.2, 0.25) is 0 Å². The SMILES string of the molecule is Fc1ccc(-c2ccncc2[O][AlH])nc1. The third-order valence-electron chi connectivity index (χ3n) is 1.94. The van der Waals surface area contributed by atoms with E-state index in [1.54, 1.807) is 24.5 Å². The van der Waals surface area contributed by atoms with Crippen LogP contribution in [-0.2, 0) is 0 Å². The maximum absolute atomic E-state index is 12.7. The Morgan fingerprint density at radius 3 is 2.73 bits per heavy atom. The zero-order valence-corrected chi connectivity index (χ0v) is 9.27. The number of pyridine rings is 2. The summed E-state index contributed by atoms with van der Waals surface area (Å²) in [5.41, 5.74) is 1.47. The molecule has 2 heterocycles. The molecule has 0 bridgehead atoms. The van der Waals surface area contributed by atoms with Crippen molar-refractivity contribution in [2.75, 3.05) is 0 Å². The van der Waals surface area contributed by atoms with Crippen LogP contribution in [0.2, 0.25) is 0 Å². The van der Waals surface area contributed by atoms with Crippen molar-refractivity contribution in [3.05, 3.63) is 42.6 Å². The summed E-state index contributed by atoms with van der Waals surface area (Å²) < 4.78 is 17.8. The van der Waals surface area contributed by atoms with E-state index in [9.17, 15) is 4.39 Å². The summed E-state index contributed by atoms with van der Waals surface area (Å²) in [7, 11) is 0. The predicted molar refractivity (Wildman–Crippen MR) is 55.2 cm³/mol. The molecule has 0 aromatic carbocycles.